The second-order valence-electron chi connectivity index (χ2n) is 8.24. The van der Waals surface area contributed by atoms with E-state index in [4.69, 9.17) is 19.4 Å². The number of anilines is 3. The summed E-state index contributed by atoms with van der Waals surface area (Å²) in [5.74, 6) is -1.31. The molecule has 1 saturated heterocycles. The third-order valence-corrected chi connectivity index (χ3v) is 7.01. The molecule has 0 aliphatic carbocycles. The van der Waals surface area contributed by atoms with Gasteiger partial charge in [0.2, 0.25) is 16.0 Å². The summed E-state index contributed by atoms with van der Waals surface area (Å²) in [6.45, 7) is 5.51. The lowest BCUT2D eigenvalue weighted by Crippen LogP contribution is -2.40. The van der Waals surface area contributed by atoms with Gasteiger partial charge in [-0.05, 0) is 32.0 Å². The molecular formula is C22H27F3N6O6S. The van der Waals surface area contributed by atoms with Gasteiger partial charge in [-0.3, -0.25) is 0 Å². The molecule has 4 rings (SSSR count). The molecule has 38 heavy (non-hydrogen) atoms. The van der Waals surface area contributed by atoms with Gasteiger partial charge in [-0.1, -0.05) is 0 Å². The average Bonchev–Trinajstić information content (AvgIpc) is 3.33. The molecule has 12 nitrogen and oxygen atoms in total. The number of morpholine rings is 1. The van der Waals surface area contributed by atoms with Crippen LogP contribution in [0.5, 0.6) is 5.75 Å². The van der Waals surface area contributed by atoms with Gasteiger partial charge in [0.05, 0.1) is 36.3 Å². The largest absolute Gasteiger partial charge is 0.495 e. The van der Waals surface area contributed by atoms with Crippen LogP contribution >= 0.6 is 0 Å². The van der Waals surface area contributed by atoms with Crippen LogP contribution < -0.4 is 15.4 Å². The van der Waals surface area contributed by atoms with Crippen molar-refractivity contribution in [2.75, 3.05) is 44.0 Å². The van der Waals surface area contributed by atoms with Crippen molar-refractivity contribution in [3.8, 4) is 5.75 Å². The number of hydrogen-bond donors (Lipinski definition) is 4. The number of methoxy groups -OCH3 is 1. The normalized spacial score (nSPS) is 14.6. The molecule has 1 fully saturated rings. The predicted molar refractivity (Wildman–Crippen MR) is 132 cm³/mol. The van der Waals surface area contributed by atoms with E-state index in [2.05, 4.69) is 25.6 Å². The Hall–Kier alpha value is -3.63. The zero-order valence-electron chi connectivity index (χ0n) is 20.7. The lowest BCUT2D eigenvalue weighted by atomic mass is 10.3. The topological polar surface area (TPSA) is 159 Å². The second kappa shape index (κ2) is 11.8. The van der Waals surface area contributed by atoms with Crippen molar-refractivity contribution in [2.24, 2.45) is 0 Å². The predicted octanol–water partition coefficient (Wildman–Crippen LogP) is 3.18. The highest BCUT2D eigenvalue weighted by Gasteiger charge is 2.38. The van der Waals surface area contributed by atoms with Crippen molar-refractivity contribution in [2.45, 2.75) is 31.0 Å². The van der Waals surface area contributed by atoms with Gasteiger partial charge < -0.3 is 30.2 Å². The number of benzene rings is 1. The maximum Gasteiger partial charge on any atom is 0.490 e. The second-order valence-corrected chi connectivity index (χ2v) is 10.2. The highest BCUT2D eigenvalue weighted by molar-refractivity contribution is 7.89. The van der Waals surface area contributed by atoms with E-state index in [1.54, 1.807) is 18.3 Å². The summed E-state index contributed by atoms with van der Waals surface area (Å²) in [4.78, 5) is 21.2. The van der Waals surface area contributed by atoms with E-state index in [0.717, 1.165) is 5.39 Å². The van der Waals surface area contributed by atoms with E-state index in [1.165, 1.54) is 17.5 Å². The summed E-state index contributed by atoms with van der Waals surface area (Å²) < 4.78 is 69.8. The number of carbonyl (C=O) groups is 1. The molecule has 0 saturated carbocycles. The Balaban J connectivity index is 0.000000505. The van der Waals surface area contributed by atoms with E-state index >= 15 is 0 Å². The quantitative estimate of drug-likeness (QED) is 0.338. The highest BCUT2D eigenvalue weighted by atomic mass is 32.2. The van der Waals surface area contributed by atoms with Gasteiger partial charge >= 0.3 is 12.1 Å². The molecule has 0 radical (unpaired) electrons. The van der Waals surface area contributed by atoms with Crippen LogP contribution in [0.25, 0.3) is 11.0 Å². The summed E-state index contributed by atoms with van der Waals surface area (Å²) in [7, 11) is -2.13. The fourth-order valence-electron chi connectivity index (χ4n) is 3.37. The Morgan fingerprint density at radius 1 is 1.21 bits per heavy atom. The summed E-state index contributed by atoms with van der Waals surface area (Å²) in [6.07, 6.45) is -3.28. The smallest absolute Gasteiger partial charge is 0.490 e. The first-order valence-electron chi connectivity index (χ1n) is 11.3. The van der Waals surface area contributed by atoms with Gasteiger partial charge in [0.15, 0.2) is 0 Å². The average molecular weight is 561 g/mol. The number of carboxylic acid groups (broad SMARTS) is 1. The molecule has 3 heterocycles. The number of ether oxygens (including phenoxy) is 2. The summed E-state index contributed by atoms with van der Waals surface area (Å²) in [5.41, 5.74) is 1.25. The molecule has 1 aliphatic rings. The van der Waals surface area contributed by atoms with Crippen LogP contribution in [0.2, 0.25) is 0 Å². The van der Waals surface area contributed by atoms with Crippen LogP contribution in [0, 0.1) is 0 Å². The number of H-pyrrole nitrogens is 1. The fourth-order valence-corrected chi connectivity index (χ4v) is 4.80. The summed E-state index contributed by atoms with van der Waals surface area (Å²) >= 11 is 0. The number of aromatic amines is 1. The zero-order chi connectivity index (χ0) is 28.1. The molecular weight excluding hydrogens is 533 g/mol. The summed E-state index contributed by atoms with van der Waals surface area (Å²) in [6, 6.07) is 6.82. The molecule has 0 unspecified atom stereocenters. The van der Waals surface area contributed by atoms with E-state index in [1.807, 2.05) is 19.9 Å². The minimum atomic E-state index is -5.08. The summed E-state index contributed by atoms with van der Waals surface area (Å²) in [5, 5.41) is 14.5. The van der Waals surface area contributed by atoms with E-state index in [0.29, 0.717) is 55.2 Å². The Bertz CT molecular complexity index is 1370. The van der Waals surface area contributed by atoms with Crippen LogP contribution in [0.15, 0.2) is 35.4 Å². The first kappa shape index (κ1) is 28.9. The van der Waals surface area contributed by atoms with Crippen LogP contribution in [0.1, 0.15) is 13.8 Å². The molecule has 3 aromatic rings. The number of sulfonamides is 1. The number of aromatic nitrogens is 3. The Labute approximate surface area is 216 Å². The van der Waals surface area contributed by atoms with Gasteiger partial charge in [-0.25, -0.2) is 13.2 Å². The number of nitrogens with one attached hydrogen (secondary N) is 3. The molecule has 0 bridgehead atoms. The van der Waals surface area contributed by atoms with E-state index < -0.39 is 22.2 Å². The maximum atomic E-state index is 12.9. The van der Waals surface area contributed by atoms with Crippen molar-refractivity contribution in [1.82, 2.24) is 19.3 Å². The lowest BCUT2D eigenvalue weighted by molar-refractivity contribution is -0.192. The van der Waals surface area contributed by atoms with Crippen molar-refractivity contribution < 1.29 is 41.0 Å². The first-order chi connectivity index (χ1) is 17.8. The van der Waals surface area contributed by atoms with Gasteiger partial charge in [-0.15, -0.1) is 0 Å². The lowest BCUT2D eigenvalue weighted by Gasteiger charge is -2.26. The maximum absolute atomic E-state index is 12.9. The zero-order valence-corrected chi connectivity index (χ0v) is 21.5. The third kappa shape index (κ3) is 7.02. The number of nitrogens with zero attached hydrogens (tertiary/aromatic N) is 3. The Morgan fingerprint density at radius 3 is 2.45 bits per heavy atom. The van der Waals surface area contributed by atoms with Gasteiger partial charge in [0.25, 0.3) is 0 Å². The van der Waals surface area contributed by atoms with Gasteiger partial charge in [0, 0.05) is 31.4 Å². The molecule has 0 amide bonds. The minimum absolute atomic E-state index is 0.166. The van der Waals surface area contributed by atoms with Gasteiger partial charge in [0.1, 0.15) is 17.2 Å². The molecule has 0 atom stereocenters. The molecule has 0 spiro atoms. The minimum Gasteiger partial charge on any atom is -0.495 e. The molecule has 1 aliphatic heterocycles. The van der Waals surface area contributed by atoms with E-state index in [9.17, 15) is 21.6 Å². The number of halogens is 3. The fraction of sp³-hybridized carbons (Fsp3) is 0.409. The number of alkyl halides is 3. The van der Waals surface area contributed by atoms with Crippen molar-refractivity contribution in [3.63, 3.8) is 0 Å². The molecule has 208 valence electrons. The number of hydrogen-bond acceptors (Lipinski definition) is 9. The van der Waals surface area contributed by atoms with Crippen LogP contribution in [-0.2, 0) is 19.6 Å². The standard InChI is InChI=1S/C20H26N6O4S.C2HF3O2/c1-13(2)22-19-15-6-7-21-18(15)24-20(25-19)23-16-5-4-14(12-17(16)29-3)31(27,28)26-8-10-30-11-9-26;3-2(4,5)1(6)7/h4-7,12-13H,8-11H2,1-3H3,(H3,21,22,23,24,25);(H,6,7). The number of fused-ring (bicyclic) bond motifs is 1. The molecule has 4 N–H and O–H groups in total. The van der Waals surface area contributed by atoms with Crippen molar-refractivity contribution in [1.29, 1.82) is 0 Å². The molecule has 16 heteroatoms. The Morgan fingerprint density at radius 2 is 1.87 bits per heavy atom. The number of carboxylic acids is 1. The van der Waals surface area contributed by atoms with Crippen molar-refractivity contribution in [3.05, 3.63) is 30.5 Å². The SMILES string of the molecule is COc1cc(S(=O)(=O)N2CCOCC2)ccc1Nc1nc(NC(C)C)c2cc[nH]c2n1.O=C(O)C(F)(F)F. The molecule has 2 aromatic heterocycles. The van der Waals surface area contributed by atoms with Crippen LogP contribution in [0.3, 0.4) is 0 Å². The number of aliphatic carboxylic acids is 1. The monoisotopic (exact) mass is 560 g/mol. The third-order valence-electron chi connectivity index (χ3n) is 5.11. The highest BCUT2D eigenvalue weighted by Crippen LogP contribution is 2.32. The molecule has 1 aromatic carbocycles. The number of rotatable bonds is 7. The Kier molecular flexibility index (Phi) is 9.01. The van der Waals surface area contributed by atoms with Gasteiger partial charge in [-0.2, -0.15) is 27.4 Å². The van der Waals surface area contributed by atoms with E-state index in [-0.39, 0.29) is 10.9 Å². The first-order valence-corrected chi connectivity index (χ1v) is 12.7. The van der Waals surface area contributed by atoms with Crippen LogP contribution in [0.4, 0.5) is 30.6 Å². The van der Waals surface area contributed by atoms with Crippen molar-refractivity contribution >= 4 is 44.5 Å². The van der Waals surface area contributed by atoms with Crippen LogP contribution in [-0.4, -0.2) is 84.4 Å².